The molecule has 0 aliphatic carbocycles. The topological polar surface area (TPSA) is 32.7 Å². The van der Waals surface area contributed by atoms with Gasteiger partial charge in [0.2, 0.25) is 0 Å². The van der Waals surface area contributed by atoms with Crippen molar-refractivity contribution in [1.82, 2.24) is 5.06 Å². The van der Waals surface area contributed by atoms with Gasteiger partial charge < -0.3 is 9.94 Å². The average Bonchev–Trinajstić information content (AvgIpc) is 1.87. The van der Waals surface area contributed by atoms with Crippen molar-refractivity contribution in [3.05, 3.63) is 0 Å². The van der Waals surface area contributed by atoms with E-state index in [9.17, 15) is 5.21 Å². The van der Waals surface area contributed by atoms with Gasteiger partial charge in [0.05, 0.1) is 0 Å². The molecule has 1 atom stereocenters. The molecule has 0 radical (unpaired) electrons. The minimum atomic E-state index is -0.561. The molecule has 0 fully saturated rings. The van der Waals surface area contributed by atoms with Gasteiger partial charge in [-0.2, -0.15) is 5.06 Å². The summed E-state index contributed by atoms with van der Waals surface area (Å²) in [6.45, 7) is 8.44. The van der Waals surface area contributed by atoms with E-state index < -0.39 is 5.72 Å². The van der Waals surface area contributed by atoms with E-state index in [1.807, 2.05) is 27.7 Å². The molecule has 1 N–H and O–H groups in total. The van der Waals surface area contributed by atoms with Crippen LogP contribution < -0.4 is 0 Å². The summed E-state index contributed by atoms with van der Waals surface area (Å²) in [6.07, 6.45) is 0. The van der Waals surface area contributed by atoms with E-state index in [2.05, 4.69) is 0 Å². The highest BCUT2D eigenvalue weighted by Crippen LogP contribution is 2.22. The standard InChI is InChI=1S/C8H19NO2/c1-6-11-8(4,7(2)3)9(5)10/h7,10H,6H2,1-5H3. The lowest BCUT2D eigenvalue weighted by molar-refractivity contribution is -0.277. The zero-order valence-corrected chi connectivity index (χ0v) is 8.09. The molecule has 0 heterocycles. The van der Waals surface area contributed by atoms with E-state index in [1.165, 1.54) is 0 Å². The van der Waals surface area contributed by atoms with E-state index in [0.29, 0.717) is 6.61 Å². The van der Waals surface area contributed by atoms with Crippen molar-refractivity contribution in [2.75, 3.05) is 13.7 Å². The molecule has 0 spiro atoms. The molecule has 0 saturated heterocycles. The van der Waals surface area contributed by atoms with Crippen LogP contribution in [0.25, 0.3) is 0 Å². The lowest BCUT2D eigenvalue weighted by Gasteiger charge is -2.37. The van der Waals surface area contributed by atoms with Crippen molar-refractivity contribution in [2.24, 2.45) is 5.92 Å². The fraction of sp³-hybridized carbons (Fsp3) is 1.00. The van der Waals surface area contributed by atoms with Gasteiger partial charge in [-0.3, -0.25) is 0 Å². The zero-order chi connectivity index (χ0) is 9.07. The fourth-order valence-electron chi connectivity index (χ4n) is 0.926. The van der Waals surface area contributed by atoms with E-state index in [0.717, 1.165) is 5.06 Å². The monoisotopic (exact) mass is 161 g/mol. The van der Waals surface area contributed by atoms with Crippen LogP contribution in [0.3, 0.4) is 0 Å². The number of rotatable bonds is 4. The minimum absolute atomic E-state index is 0.262. The molecule has 0 amide bonds. The maximum atomic E-state index is 9.28. The second-order valence-corrected chi connectivity index (χ2v) is 3.17. The van der Waals surface area contributed by atoms with Crippen molar-refractivity contribution >= 4 is 0 Å². The Hall–Kier alpha value is -0.120. The highest BCUT2D eigenvalue weighted by atomic mass is 16.6. The van der Waals surface area contributed by atoms with Crippen LogP contribution in [-0.4, -0.2) is 29.7 Å². The smallest absolute Gasteiger partial charge is 0.142 e. The van der Waals surface area contributed by atoms with Gasteiger partial charge in [0.1, 0.15) is 5.72 Å². The Morgan fingerprint density at radius 1 is 1.55 bits per heavy atom. The number of ether oxygens (including phenoxy) is 1. The molecular weight excluding hydrogens is 142 g/mol. The van der Waals surface area contributed by atoms with Crippen LogP contribution in [0.2, 0.25) is 0 Å². The van der Waals surface area contributed by atoms with Crippen molar-refractivity contribution in [3.8, 4) is 0 Å². The molecular formula is C8H19NO2. The first-order valence-electron chi connectivity index (χ1n) is 4.01. The van der Waals surface area contributed by atoms with Gasteiger partial charge in [-0.1, -0.05) is 13.8 Å². The summed E-state index contributed by atoms with van der Waals surface area (Å²) in [5.74, 6) is 0.262. The van der Waals surface area contributed by atoms with Gasteiger partial charge in [0.15, 0.2) is 0 Å². The maximum absolute atomic E-state index is 9.28. The van der Waals surface area contributed by atoms with Crippen LogP contribution in [0.4, 0.5) is 0 Å². The fourth-order valence-corrected chi connectivity index (χ4v) is 0.926. The van der Waals surface area contributed by atoms with E-state index in [4.69, 9.17) is 4.74 Å². The Morgan fingerprint density at radius 3 is 2.09 bits per heavy atom. The summed E-state index contributed by atoms with van der Waals surface area (Å²) in [5.41, 5.74) is -0.561. The molecule has 1 unspecified atom stereocenters. The Kier molecular flexibility index (Phi) is 4.00. The van der Waals surface area contributed by atoms with Gasteiger partial charge >= 0.3 is 0 Å². The van der Waals surface area contributed by atoms with Crippen LogP contribution in [0.5, 0.6) is 0 Å². The summed E-state index contributed by atoms with van der Waals surface area (Å²) >= 11 is 0. The van der Waals surface area contributed by atoms with Crippen molar-refractivity contribution in [2.45, 2.75) is 33.4 Å². The molecule has 0 aromatic rings. The van der Waals surface area contributed by atoms with E-state index >= 15 is 0 Å². The molecule has 0 rings (SSSR count). The average molecular weight is 161 g/mol. The predicted molar refractivity (Wildman–Crippen MR) is 44.4 cm³/mol. The predicted octanol–water partition coefficient (Wildman–Crippen LogP) is 1.72. The molecule has 0 saturated carbocycles. The van der Waals surface area contributed by atoms with Crippen molar-refractivity contribution in [1.29, 1.82) is 0 Å². The molecule has 0 aromatic heterocycles. The number of hydrogen-bond donors (Lipinski definition) is 1. The van der Waals surface area contributed by atoms with Gasteiger partial charge in [-0.15, -0.1) is 0 Å². The maximum Gasteiger partial charge on any atom is 0.142 e. The lowest BCUT2D eigenvalue weighted by Crippen LogP contribution is -2.48. The van der Waals surface area contributed by atoms with Crippen molar-refractivity contribution < 1.29 is 9.94 Å². The Labute approximate surface area is 68.9 Å². The van der Waals surface area contributed by atoms with Crippen LogP contribution in [-0.2, 0) is 4.74 Å². The largest absolute Gasteiger partial charge is 0.359 e. The summed E-state index contributed by atoms with van der Waals surface area (Å²) in [5, 5.41) is 10.4. The molecule has 3 nitrogen and oxygen atoms in total. The summed E-state index contributed by atoms with van der Waals surface area (Å²) in [7, 11) is 1.61. The van der Waals surface area contributed by atoms with Gasteiger partial charge in [-0.05, 0) is 19.8 Å². The quantitative estimate of drug-likeness (QED) is 0.503. The third-order valence-electron chi connectivity index (χ3n) is 2.15. The first-order chi connectivity index (χ1) is 4.95. The molecule has 0 aromatic carbocycles. The summed E-state index contributed by atoms with van der Waals surface area (Å²) < 4.78 is 5.43. The van der Waals surface area contributed by atoms with Crippen LogP contribution >= 0.6 is 0 Å². The summed E-state index contributed by atoms with van der Waals surface area (Å²) in [6, 6.07) is 0. The molecule has 0 bridgehead atoms. The normalized spacial score (nSPS) is 17.5. The molecule has 0 aliphatic heterocycles. The summed E-state index contributed by atoms with van der Waals surface area (Å²) in [4.78, 5) is 0. The van der Waals surface area contributed by atoms with Gasteiger partial charge in [0.25, 0.3) is 0 Å². The third kappa shape index (κ3) is 2.43. The van der Waals surface area contributed by atoms with Gasteiger partial charge in [0, 0.05) is 13.7 Å². The van der Waals surface area contributed by atoms with E-state index in [-0.39, 0.29) is 5.92 Å². The SMILES string of the molecule is CCOC(C)(C(C)C)N(C)O. The number of hydroxylamine groups is 2. The van der Waals surface area contributed by atoms with Crippen molar-refractivity contribution in [3.63, 3.8) is 0 Å². The number of nitrogens with zero attached hydrogens (tertiary/aromatic N) is 1. The highest BCUT2D eigenvalue weighted by Gasteiger charge is 2.32. The molecule has 68 valence electrons. The highest BCUT2D eigenvalue weighted by molar-refractivity contribution is 4.72. The lowest BCUT2D eigenvalue weighted by atomic mass is 10.0. The second-order valence-electron chi connectivity index (χ2n) is 3.17. The molecule has 3 heteroatoms. The van der Waals surface area contributed by atoms with Gasteiger partial charge in [-0.25, -0.2) is 0 Å². The Morgan fingerprint density at radius 2 is 2.00 bits per heavy atom. The molecule has 11 heavy (non-hydrogen) atoms. The zero-order valence-electron chi connectivity index (χ0n) is 8.09. The molecule has 0 aliphatic rings. The van der Waals surface area contributed by atoms with E-state index in [1.54, 1.807) is 7.05 Å². The third-order valence-corrected chi connectivity index (χ3v) is 2.15. The Bertz CT molecular complexity index is 105. The second kappa shape index (κ2) is 4.04. The van der Waals surface area contributed by atoms with Crippen LogP contribution in [0.15, 0.2) is 0 Å². The minimum Gasteiger partial charge on any atom is -0.359 e. The number of hydrogen-bond acceptors (Lipinski definition) is 3. The Balaban J connectivity index is 4.26. The first kappa shape index (κ1) is 10.9. The van der Waals surface area contributed by atoms with Crippen LogP contribution in [0.1, 0.15) is 27.7 Å². The first-order valence-corrected chi connectivity index (χ1v) is 4.01. The van der Waals surface area contributed by atoms with Crippen LogP contribution in [0, 0.1) is 5.92 Å².